The standard InChI is InChI=1S/C14H27NO2/c1-14(2,9-10-15)8-7-13(16)17-11-12-5-3-4-6-12/h12H,3-11,15H2,1-2H3. The van der Waals surface area contributed by atoms with Gasteiger partial charge in [-0.2, -0.15) is 0 Å². The van der Waals surface area contributed by atoms with E-state index < -0.39 is 0 Å². The highest BCUT2D eigenvalue weighted by Crippen LogP contribution is 2.27. The number of carbonyl (C=O) groups is 1. The molecule has 0 aliphatic heterocycles. The Bertz CT molecular complexity index is 232. The fraction of sp³-hybridized carbons (Fsp3) is 0.929. The first-order chi connectivity index (χ1) is 8.03. The molecule has 1 rings (SSSR count). The van der Waals surface area contributed by atoms with Gasteiger partial charge < -0.3 is 10.5 Å². The molecule has 3 nitrogen and oxygen atoms in total. The molecule has 0 aromatic carbocycles. The van der Waals surface area contributed by atoms with E-state index in [2.05, 4.69) is 13.8 Å². The second kappa shape index (κ2) is 7.00. The Labute approximate surface area is 105 Å². The van der Waals surface area contributed by atoms with Crippen LogP contribution in [0.2, 0.25) is 0 Å². The molecule has 1 aliphatic rings. The van der Waals surface area contributed by atoms with Gasteiger partial charge in [0, 0.05) is 6.42 Å². The summed E-state index contributed by atoms with van der Waals surface area (Å²) in [6, 6.07) is 0. The summed E-state index contributed by atoms with van der Waals surface area (Å²) >= 11 is 0. The Balaban J connectivity index is 2.11. The maximum atomic E-state index is 11.6. The van der Waals surface area contributed by atoms with Gasteiger partial charge in [0.2, 0.25) is 0 Å². The van der Waals surface area contributed by atoms with Gasteiger partial charge in [-0.1, -0.05) is 26.7 Å². The molecule has 1 saturated carbocycles. The van der Waals surface area contributed by atoms with Crippen LogP contribution in [-0.4, -0.2) is 19.1 Å². The lowest BCUT2D eigenvalue weighted by molar-refractivity contribution is -0.145. The van der Waals surface area contributed by atoms with Crippen molar-refractivity contribution in [2.45, 2.75) is 58.8 Å². The quantitative estimate of drug-likeness (QED) is 0.697. The Morgan fingerprint density at radius 2 is 1.94 bits per heavy atom. The number of carbonyl (C=O) groups excluding carboxylic acids is 1. The maximum Gasteiger partial charge on any atom is 0.305 e. The second-order valence-electron chi connectivity index (χ2n) is 6.04. The average molecular weight is 241 g/mol. The van der Waals surface area contributed by atoms with E-state index in [0.29, 0.717) is 25.5 Å². The molecular weight excluding hydrogens is 214 g/mol. The number of esters is 1. The Hall–Kier alpha value is -0.570. The third kappa shape index (κ3) is 6.06. The van der Waals surface area contributed by atoms with Crippen LogP contribution in [-0.2, 0) is 9.53 Å². The Morgan fingerprint density at radius 1 is 1.29 bits per heavy atom. The Morgan fingerprint density at radius 3 is 2.53 bits per heavy atom. The lowest BCUT2D eigenvalue weighted by atomic mass is 9.84. The van der Waals surface area contributed by atoms with E-state index in [1.165, 1.54) is 25.7 Å². The highest BCUT2D eigenvalue weighted by Gasteiger charge is 2.20. The van der Waals surface area contributed by atoms with Gasteiger partial charge in [0.25, 0.3) is 0 Å². The van der Waals surface area contributed by atoms with Gasteiger partial charge in [-0.3, -0.25) is 4.79 Å². The zero-order valence-corrected chi connectivity index (χ0v) is 11.3. The van der Waals surface area contributed by atoms with E-state index in [9.17, 15) is 4.79 Å². The predicted molar refractivity (Wildman–Crippen MR) is 69.6 cm³/mol. The molecule has 0 unspecified atom stereocenters. The molecule has 0 aromatic heterocycles. The number of hydrogen-bond acceptors (Lipinski definition) is 3. The van der Waals surface area contributed by atoms with E-state index in [4.69, 9.17) is 10.5 Å². The normalized spacial score (nSPS) is 17.4. The average Bonchev–Trinajstić information content (AvgIpc) is 2.76. The molecule has 0 radical (unpaired) electrons. The predicted octanol–water partition coefficient (Wildman–Crippen LogP) is 2.88. The molecule has 17 heavy (non-hydrogen) atoms. The van der Waals surface area contributed by atoms with Crippen molar-refractivity contribution in [2.24, 2.45) is 17.1 Å². The van der Waals surface area contributed by atoms with E-state index in [1.807, 2.05) is 0 Å². The molecule has 0 aromatic rings. The minimum Gasteiger partial charge on any atom is -0.465 e. The van der Waals surface area contributed by atoms with Gasteiger partial charge in [-0.25, -0.2) is 0 Å². The van der Waals surface area contributed by atoms with Crippen LogP contribution < -0.4 is 5.73 Å². The van der Waals surface area contributed by atoms with Crippen LogP contribution in [0.4, 0.5) is 0 Å². The van der Waals surface area contributed by atoms with Gasteiger partial charge in [-0.05, 0) is 43.6 Å². The molecule has 0 heterocycles. The summed E-state index contributed by atoms with van der Waals surface area (Å²) < 4.78 is 5.33. The number of ether oxygens (including phenoxy) is 1. The molecule has 0 saturated heterocycles. The van der Waals surface area contributed by atoms with E-state index in [0.717, 1.165) is 12.8 Å². The molecule has 0 bridgehead atoms. The van der Waals surface area contributed by atoms with Crippen molar-refractivity contribution >= 4 is 5.97 Å². The maximum absolute atomic E-state index is 11.6. The monoisotopic (exact) mass is 241 g/mol. The molecule has 0 amide bonds. The van der Waals surface area contributed by atoms with Crippen molar-refractivity contribution < 1.29 is 9.53 Å². The van der Waals surface area contributed by atoms with Crippen molar-refractivity contribution in [3.63, 3.8) is 0 Å². The molecule has 1 fully saturated rings. The Kier molecular flexibility index (Phi) is 5.96. The van der Waals surface area contributed by atoms with Crippen molar-refractivity contribution in [2.75, 3.05) is 13.2 Å². The first kappa shape index (κ1) is 14.5. The zero-order chi connectivity index (χ0) is 12.7. The lowest BCUT2D eigenvalue weighted by Crippen LogP contribution is -2.19. The summed E-state index contributed by atoms with van der Waals surface area (Å²) in [5, 5.41) is 0. The molecular formula is C14H27NO2. The second-order valence-corrected chi connectivity index (χ2v) is 6.04. The third-order valence-electron chi connectivity index (χ3n) is 3.78. The number of rotatable bonds is 7. The van der Waals surface area contributed by atoms with E-state index in [1.54, 1.807) is 0 Å². The molecule has 2 N–H and O–H groups in total. The highest BCUT2D eigenvalue weighted by molar-refractivity contribution is 5.69. The SMILES string of the molecule is CC(C)(CCN)CCC(=O)OCC1CCCC1. The van der Waals surface area contributed by atoms with Crippen LogP contribution in [0.15, 0.2) is 0 Å². The first-order valence-corrected chi connectivity index (χ1v) is 6.89. The van der Waals surface area contributed by atoms with Crippen LogP contribution >= 0.6 is 0 Å². The topological polar surface area (TPSA) is 52.3 Å². The lowest BCUT2D eigenvalue weighted by Gasteiger charge is -2.23. The van der Waals surface area contributed by atoms with Crippen LogP contribution in [0, 0.1) is 11.3 Å². The minimum absolute atomic E-state index is 0.0398. The van der Waals surface area contributed by atoms with Crippen LogP contribution in [0.5, 0.6) is 0 Å². The fourth-order valence-electron chi connectivity index (χ4n) is 2.42. The summed E-state index contributed by atoms with van der Waals surface area (Å²) in [7, 11) is 0. The summed E-state index contributed by atoms with van der Waals surface area (Å²) in [6.07, 6.45) is 7.41. The minimum atomic E-state index is -0.0398. The van der Waals surface area contributed by atoms with Crippen LogP contribution in [0.25, 0.3) is 0 Å². The van der Waals surface area contributed by atoms with Crippen molar-refractivity contribution in [3.8, 4) is 0 Å². The van der Waals surface area contributed by atoms with Crippen molar-refractivity contribution in [3.05, 3.63) is 0 Å². The van der Waals surface area contributed by atoms with Crippen LogP contribution in [0.1, 0.15) is 58.8 Å². The summed E-state index contributed by atoms with van der Waals surface area (Å²) in [5.74, 6) is 0.581. The van der Waals surface area contributed by atoms with Gasteiger partial charge in [0.15, 0.2) is 0 Å². The number of nitrogens with two attached hydrogens (primary N) is 1. The number of hydrogen-bond donors (Lipinski definition) is 1. The zero-order valence-electron chi connectivity index (χ0n) is 11.3. The largest absolute Gasteiger partial charge is 0.465 e. The van der Waals surface area contributed by atoms with Gasteiger partial charge in [-0.15, -0.1) is 0 Å². The molecule has 0 atom stereocenters. The van der Waals surface area contributed by atoms with Gasteiger partial charge in [0.05, 0.1) is 6.61 Å². The molecule has 3 heteroatoms. The third-order valence-corrected chi connectivity index (χ3v) is 3.78. The van der Waals surface area contributed by atoms with Gasteiger partial charge >= 0.3 is 5.97 Å². The first-order valence-electron chi connectivity index (χ1n) is 6.89. The van der Waals surface area contributed by atoms with Crippen molar-refractivity contribution in [1.82, 2.24) is 0 Å². The van der Waals surface area contributed by atoms with Gasteiger partial charge in [0.1, 0.15) is 0 Å². The highest BCUT2D eigenvalue weighted by atomic mass is 16.5. The van der Waals surface area contributed by atoms with E-state index in [-0.39, 0.29) is 11.4 Å². The smallest absolute Gasteiger partial charge is 0.305 e. The summed E-state index contributed by atoms with van der Waals surface area (Å²) in [6.45, 7) is 5.63. The fourth-order valence-corrected chi connectivity index (χ4v) is 2.42. The molecule has 0 spiro atoms. The molecule has 1 aliphatic carbocycles. The van der Waals surface area contributed by atoms with Crippen molar-refractivity contribution in [1.29, 1.82) is 0 Å². The van der Waals surface area contributed by atoms with E-state index >= 15 is 0 Å². The van der Waals surface area contributed by atoms with Crippen LogP contribution in [0.3, 0.4) is 0 Å². The summed E-state index contributed by atoms with van der Waals surface area (Å²) in [4.78, 5) is 11.6. The molecule has 100 valence electrons. The summed E-state index contributed by atoms with van der Waals surface area (Å²) in [5.41, 5.74) is 5.70.